The van der Waals surface area contributed by atoms with Gasteiger partial charge in [-0.3, -0.25) is 13.8 Å². The molecule has 0 spiro atoms. The predicted molar refractivity (Wildman–Crippen MR) is 123 cm³/mol. The Kier molecular flexibility index (Phi) is 6.80. The second kappa shape index (κ2) is 9.37. The van der Waals surface area contributed by atoms with E-state index in [4.69, 9.17) is 0 Å². The van der Waals surface area contributed by atoms with Crippen LogP contribution in [-0.2, 0) is 24.8 Å². The van der Waals surface area contributed by atoms with E-state index in [1.807, 2.05) is 6.92 Å². The molecule has 2 aromatic carbocycles. The average Bonchev–Trinajstić information content (AvgIpc) is 2.73. The van der Waals surface area contributed by atoms with Gasteiger partial charge in [0.2, 0.25) is 15.9 Å². The highest BCUT2D eigenvalue weighted by Crippen LogP contribution is 2.20. The van der Waals surface area contributed by atoms with Crippen LogP contribution in [-0.4, -0.2) is 40.5 Å². The molecule has 9 nitrogen and oxygen atoms in total. The standard InChI is InChI=1S/C21H22N4O5S2/c1-16-6-10-18(11-7-16)25(31(2,27)28)15-21(26)23-17-8-12-19(13-9-17)32(29,30)24-20-5-3-4-14-22-20/h3-14H,15H2,1-2H3,(H,22,24)(H,23,26). The van der Waals surface area contributed by atoms with E-state index in [1.165, 1.54) is 36.5 Å². The number of nitrogens with zero attached hydrogens (tertiary/aromatic N) is 2. The lowest BCUT2D eigenvalue weighted by Crippen LogP contribution is -2.37. The zero-order chi connectivity index (χ0) is 23.4. The van der Waals surface area contributed by atoms with Gasteiger partial charge in [0.25, 0.3) is 10.0 Å². The highest BCUT2D eigenvalue weighted by atomic mass is 32.2. The van der Waals surface area contributed by atoms with Crippen LogP contribution in [0, 0.1) is 6.92 Å². The Morgan fingerprint density at radius 1 is 0.938 bits per heavy atom. The lowest BCUT2D eigenvalue weighted by atomic mass is 10.2. The number of amides is 1. The second-order valence-corrected chi connectivity index (χ2v) is 10.6. The number of benzene rings is 2. The molecule has 0 atom stereocenters. The Bertz CT molecular complexity index is 1290. The van der Waals surface area contributed by atoms with Gasteiger partial charge in [-0.25, -0.2) is 21.8 Å². The summed E-state index contributed by atoms with van der Waals surface area (Å²) < 4.78 is 52.6. The van der Waals surface area contributed by atoms with Crippen molar-refractivity contribution in [3.05, 3.63) is 78.5 Å². The maximum atomic E-state index is 12.5. The van der Waals surface area contributed by atoms with Gasteiger partial charge in [-0.1, -0.05) is 23.8 Å². The molecule has 11 heteroatoms. The zero-order valence-electron chi connectivity index (χ0n) is 17.4. The van der Waals surface area contributed by atoms with E-state index >= 15 is 0 Å². The minimum atomic E-state index is -3.85. The molecule has 0 aliphatic rings. The molecule has 0 unspecified atom stereocenters. The summed E-state index contributed by atoms with van der Waals surface area (Å²) >= 11 is 0. The molecule has 1 amide bonds. The number of carbonyl (C=O) groups excluding carboxylic acids is 1. The van der Waals surface area contributed by atoms with Crippen molar-refractivity contribution < 1.29 is 21.6 Å². The fourth-order valence-electron chi connectivity index (χ4n) is 2.78. The summed E-state index contributed by atoms with van der Waals surface area (Å²) in [6.45, 7) is 1.44. The summed E-state index contributed by atoms with van der Waals surface area (Å²) in [7, 11) is -7.54. The molecule has 3 rings (SSSR count). The smallest absolute Gasteiger partial charge is 0.263 e. The first-order chi connectivity index (χ1) is 15.0. The van der Waals surface area contributed by atoms with E-state index in [2.05, 4.69) is 15.0 Å². The summed E-state index contributed by atoms with van der Waals surface area (Å²) in [4.78, 5) is 16.4. The quantitative estimate of drug-likeness (QED) is 0.517. The highest BCUT2D eigenvalue weighted by molar-refractivity contribution is 7.92. The summed E-state index contributed by atoms with van der Waals surface area (Å²) in [6, 6.07) is 17.1. The van der Waals surface area contributed by atoms with Crippen molar-refractivity contribution in [3.8, 4) is 0 Å². The normalized spacial score (nSPS) is 11.6. The van der Waals surface area contributed by atoms with Crippen molar-refractivity contribution in [1.82, 2.24) is 4.98 Å². The van der Waals surface area contributed by atoms with Crippen LogP contribution in [0.15, 0.2) is 77.8 Å². The van der Waals surface area contributed by atoms with Gasteiger partial charge in [0.05, 0.1) is 16.8 Å². The minimum Gasteiger partial charge on any atom is -0.325 e. The molecule has 168 valence electrons. The number of aromatic nitrogens is 1. The van der Waals surface area contributed by atoms with Crippen LogP contribution in [0.4, 0.5) is 17.2 Å². The van der Waals surface area contributed by atoms with E-state index in [1.54, 1.807) is 36.4 Å². The number of pyridine rings is 1. The van der Waals surface area contributed by atoms with Crippen LogP contribution in [0.3, 0.4) is 0 Å². The van der Waals surface area contributed by atoms with Gasteiger partial charge < -0.3 is 5.32 Å². The number of hydrogen-bond donors (Lipinski definition) is 2. The topological polar surface area (TPSA) is 126 Å². The van der Waals surface area contributed by atoms with Crippen molar-refractivity contribution in [2.24, 2.45) is 0 Å². The summed E-state index contributed by atoms with van der Waals surface area (Å²) in [5.74, 6) is -0.389. The van der Waals surface area contributed by atoms with Crippen LogP contribution in [0.1, 0.15) is 5.56 Å². The number of carbonyl (C=O) groups is 1. The van der Waals surface area contributed by atoms with E-state index < -0.39 is 32.5 Å². The first kappa shape index (κ1) is 23.2. The Morgan fingerprint density at radius 2 is 1.59 bits per heavy atom. The summed E-state index contributed by atoms with van der Waals surface area (Å²) in [5, 5.41) is 2.58. The second-order valence-electron chi connectivity index (χ2n) is 7.00. The first-order valence-corrected chi connectivity index (χ1v) is 12.8. The molecule has 0 aliphatic heterocycles. The molecule has 0 saturated carbocycles. The molecule has 0 bridgehead atoms. The minimum absolute atomic E-state index is 0.0152. The lowest BCUT2D eigenvalue weighted by Gasteiger charge is -2.22. The molecule has 3 aromatic rings. The first-order valence-electron chi connectivity index (χ1n) is 9.43. The number of sulfonamides is 2. The average molecular weight is 475 g/mol. The lowest BCUT2D eigenvalue weighted by molar-refractivity contribution is -0.114. The van der Waals surface area contributed by atoms with Crippen molar-refractivity contribution in [3.63, 3.8) is 0 Å². The van der Waals surface area contributed by atoms with Crippen LogP contribution in [0.5, 0.6) is 0 Å². The Labute approximate surface area is 187 Å². The van der Waals surface area contributed by atoms with Gasteiger partial charge in [-0.15, -0.1) is 0 Å². The summed E-state index contributed by atoms with van der Waals surface area (Å²) in [6.07, 6.45) is 2.49. The van der Waals surface area contributed by atoms with E-state index in [0.717, 1.165) is 16.1 Å². The third-order valence-electron chi connectivity index (χ3n) is 4.36. The molecular formula is C21H22N4O5S2. The van der Waals surface area contributed by atoms with E-state index in [9.17, 15) is 21.6 Å². The molecule has 32 heavy (non-hydrogen) atoms. The monoisotopic (exact) mass is 474 g/mol. The largest absolute Gasteiger partial charge is 0.325 e. The van der Waals surface area contributed by atoms with Gasteiger partial charge in [0, 0.05) is 11.9 Å². The molecule has 2 N–H and O–H groups in total. The maximum absolute atomic E-state index is 12.5. The third-order valence-corrected chi connectivity index (χ3v) is 6.87. The van der Waals surface area contributed by atoms with Gasteiger partial charge in [0.15, 0.2) is 0 Å². The van der Waals surface area contributed by atoms with Crippen molar-refractivity contribution in [1.29, 1.82) is 0 Å². The fraction of sp³-hybridized carbons (Fsp3) is 0.143. The third kappa shape index (κ3) is 6.05. The van der Waals surface area contributed by atoms with Crippen LogP contribution >= 0.6 is 0 Å². The molecule has 1 aromatic heterocycles. The number of nitrogens with one attached hydrogen (secondary N) is 2. The van der Waals surface area contributed by atoms with Crippen LogP contribution in [0.25, 0.3) is 0 Å². The Hall–Kier alpha value is -3.44. The Morgan fingerprint density at radius 3 is 2.16 bits per heavy atom. The van der Waals surface area contributed by atoms with Crippen molar-refractivity contribution in [2.45, 2.75) is 11.8 Å². The van der Waals surface area contributed by atoms with Crippen molar-refractivity contribution in [2.75, 3.05) is 27.1 Å². The predicted octanol–water partition coefficient (Wildman–Crippen LogP) is 2.60. The number of rotatable bonds is 8. The molecule has 0 fully saturated rings. The van der Waals surface area contributed by atoms with Gasteiger partial charge in [0.1, 0.15) is 12.4 Å². The molecule has 0 radical (unpaired) electrons. The fourth-order valence-corrected chi connectivity index (χ4v) is 4.64. The van der Waals surface area contributed by atoms with Crippen LogP contribution in [0.2, 0.25) is 0 Å². The molecular weight excluding hydrogens is 452 g/mol. The van der Waals surface area contributed by atoms with Gasteiger partial charge >= 0.3 is 0 Å². The number of aryl methyl sites for hydroxylation is 1. The molecule has 0 aliphatic carbocycles. The maximum Gasteiger partial charge on any atom is 0.263 e. The molecule has 1 heterocycles. The van der Waals surface area contributed by atoms with Crippen LogP contribution < -0.4 is 14.3 Å². The van der Waals surface area contributed by atoms with E-state index in [-0.39, 0.29) is 10.7 Å². The van der Waals surface area contributed by atoms with Crippen molar-refractivity contribution >= 4 is 43.1 Å². The summed E-state index contributed by atoms with van der Waals surface area (Å²) in [5.41, 5.74) is 1.65. The highest BCUT2D eigenvalue weighted by Gasteiger charge is 2.21. The molecule has 0 saturated heterocycles. The van der Waals surface area contributed by atoms with E-state index in [0.29, 0.717) is 11.4 Å². The zero-order valence-corrected chi connectivity index (χ0v) is 19.0. The number of anilines is 3. The van der Waals surface area contributed by atoms with Gasteiger partial charge in [-0.2, -0.15) is 0 Å². The van der Waals surface area contributed by atoms with Gasteiger partial charge in [-0.05, 0) is 55.5 Å². The SMILES string of the molecule is Cc1ccc(N(CC(=O)Nc2ccc(S(=O)(=O)Nc3ccccn3)cc2)S(C)(=O)=O)cc1. The Balaban J connectivity index is 1.70. The number of hydrogen-bond acceptors (Lipinski definition) is 6.